The molecule has 2 atom stereocenters. The van der Waals surface area contributed by atoms with Crippen molar-refractivity contribution in [2.24, 2.45) is 5.73 Å². The van der Waals surface area contributed by atoms with Gasteiger partial charge >= 0.3 is 0 Å². The Morgan fingerprint density at radius 1 is 1.06 bits per heavy atom. The highest BCUT2D eigenvalue weighted by atomic mass is 19.2. The van der Waals surface area contributed by atoms with E-state index in [0.717, 1.165) is 44.1 Å². The summed E-state index contributed by atoms with van der Waals surface area (Å²) >= 11 is 0. The van der Waals surface area contributed by atoms with Crippen molar-refractivity contribution in [1.29, 1.82) is 0 Å². The number of halogens is 3. The third kappa shape index (κ3) is 12.5. The molecule has 6 heteroatoms. The number of alkyl halides is 1. The lowest BCUT2D eigenvalue weighted by Gasteiger charge is -2.37. The normalized spacial score (nSPS) is 15.8. The van der Waals surface area contributed by atoms with Crippen molar-refractivity contribution in [3.05, 3.63) is 35.0 Å². The molecule has 32 heavy (non-hydrogen) atoms. The molecular weight excluding hydrogens is 413 g/mol. The molecule has 3 nitrogen and oxygen atoms in total. The van der Waals surface area contributed by atoms with Gasteiger partial charge in [-0.1, -0.05) is 72.0 Å². The molecule has 0 radical (unpaired) electrons. The highest BCUT2D eigenvalue weighted by Crippen LogP contribution is 2.29. The van der Waals surface area contributed by atoms with Gasteiger partial charge in [-0.25, -0.2) is 13.2 Å². The van der Waals surface area contributed by atoms with Crippen molar-refractivity contribution in [3.8, 4) is 0 Å². The Morgan fingerprint density at radius 3 is 2.16 bits per heavy atom. The molecule has 0 aliphatic rings. The second-order valence-electron chi connectivity index (χ2n) is 8.01. The van der Waals surface area contributed by atoms with Crippen molar-refractivity contribution in [1.82, 2.24) is 5.32 Å². The van der Waals surface area contributed by atoms with Gasteiger partial charge in [-0.15, -0.1) is 0 Å². The average molecular weight is 461 g/mol. The van der Waals surface area contributed by atoms with Crippen LogP contribution in [0.25, 0.3) is 0 Å². The van der Waals surface area contributed by atoms with Crippen LogP contribution in [0.4, 0.5) is 13.2 Å². The number of carbonyl (C=O) groups is 1. The standard InChI is InChI=1S/C24H41F3N2O.C2H6/c1-6-10-11-13-24(12-7-2,18(5)8-3)29-23(30)16-21(28)14-19(9-4)22(27)15-20(26)17-25;1-2/h8,15,21H,6-7,9-14,16-17,28H2,1-5H3,(H,29,30);1-2H3/b18-8+,20-15+,22-19-;. The number of amides is 1. The minimum atomic E-state index is -1.35. The summed E-state index contributed by atoms with van der Waals surface area (Å²) in [4.78, 5) is 12.8. The van der Waals surface area contributed by atoms with Crippen LogP contribution in [0, 0.1) is 0 Å². The maximum absolute atomic E-state index is 14.1. The Labute approximate surface area is 194 Å². The number of nitrogens with two attached hydrogens (primary N) is 1. The van der Waals surface area contributed by atoms with E-state index in [1.807, 2.05) is 33.8 Å². The zero-order chi connectivity index (χ0) is 25.2. The van der Waals surface area contributed by atoms with E-state index < -0.39 is 29.9 Å². The van der Waals surface area contributed by atoms with Crippen LogP contribution >= 0.6 is 0 Å². The summed E-state index contributed by atoms with van der Waals surface area (Å²) in [6.07, 6.45) is 8.94. The Balaban J connectivity index is 0. The fraction of sp³-hybridized carbons (Fsp3) is 0.731. The van der Waals surface area contributed by atoms with Crippen LogP contribution in [-0.4, -0.2) is 24.2 Å². The zero-order valence-corrected chi connectivity index (χ0v) is 21.4. The third-order valence-electron chi connectivity index (χ3n) is 5.58. The Morgan fingerprint density at radius 2 is 1.69 bits per heavy atom. The molecule has 0 saturated heterocycles. The minimum absolute atomic E-state index is 0.0440. The summed E-state index contributed by atoms with van der Waals surface area (Å²) in [5.41, 5.74) is 7.14. The van der Waals surface area contributed by atoms with Crippen molar-refractivity contribution >= 4 is 5.91 Å². The molecule has 0 rings (SSSR count). The van der Waals surface area contributed by atoms with E-state index in [1.54, 1.807) is 6.92 Å². The molecule has 0 aliphatic heterocycles. The predicted octanol–water partition coefficient (Wildman–Crippen LogP) is 7.78. The number of hydrogen-bond donors (Lipinski definition) is 2. The van der Waals surface area contributed by atoms with Gasteiger partial charge in [0.2, 0.25) is 5.91 Å². The first-order valence-corrected chi connectivity index (χ1v) is 12.2. The molecule has 0 bridgehead atoms. The van der Waals surface area contributed by atoms with Gasteiger partial charge in [-0.3, -0.25) is 4.79 Å². The SMILES string of the molecule is C/C=C(\C)C(CCC)(CCCCC)NC(=O)CC(N)C/C(CC)=C(F)/C=C(/F)CF.CC. The van der Waals surface area contributed by atoms with Gasteiger partial charge in [0.05, 0.1) is 5.54 Å². The zero-order valence-electron chi connectivity index (χ0n) is 21.4. The molecule has 0 aromatic heterocycles. The molecule has 0 saturated carbocycles. The Hall–Kier alpha value is -1.56. The van der Waals surface area contributed by atoms with Crippen molar-refractivity contribution in [2.75, 3.05) is 6.67 Å². The first-order valence-electron chi connectivity index (χ1n) is 12.2. The van der Waals surface area contributed by atoms with Crippen molar-refractivity contribution in [2.45, 2.75) is 118 Å². The van der Waals surface area contributed by atoms with E-state index in [2.05, 4.69) is 19.2 Å². The molecule has 1 amide bonds. The first-order chi connectivity index (χ1) is 15.2. The van der Waals surface area contributed by atoms with E-state index in [9.17, 15) is 18.0 Å². The molecule has 0 fully saturated rings. The largest absolute Gasteiger partial charge is 0.347 e. The van der Waals surface area contributed by atoms with Gasteiger partial charge in [-0.2, -0.15) is 0 Å². The van der Waals surface area contributed by atoms with Gasteiger partial charge in [-0.05, 0) is 45.1 Å². The lowest BCUT2D eigenvalue weighted by atomic mass is 9.80. The monoisotopic (exact) mass is 460 g/mol. The molecule has 0 aliphatic carbocycles. The molecule has 0 spiro atoms. The van der Waals surface area contributed by atoms with E-state index in [0.29, 0.717) is 12.5 Å². The Bertz CT molecular complexity index is 614. The van der Waals surface area contributed by atoms with Crippen molar-refractivity contribution < 1.29 is 18.0 Å². The summed E-state index contributed by atoms with van der Waals surface area (Å²) in [6.45, 7) is 12.6. The summed E-state index contributed by atoms with van der Waals surface area (Å²) in [5, 5.41) is 3.22. The van der Waals surface area contributed by atoms with Crippen LogP contribution in [0.3, 0.4) is 0 Å². The quantitative estimate of drug-likeness (QED) is 0.149. The first kappa shape index (κ1) is 32.6. The summed E-state index contributed by atoms with van der Waals surface area (Å²) < 4.78 is 39.4. The fourth-order valence-corrected chi connectivity index (χ4v) is 3.76. The second-order valence-corrected chi connectivity index (χ2v) is 8.01. The number of unbranched alkanes of at least 4 members (excludes halogenated alkanes) is 2. The maximum atomic E-state index is 14.1. The Kier molecular flexibility index (Phi) is 19.3. The molecule has 3 N–H and O–H groups in total. The third-order valence-corrected chi connectivity index (χ3v) is 5.58. The van der Waals surface area contributed by atoms with Crippen LogP contribution in [-0.2, 0) is 4.79 Å². The highest BCUT2D eigenvalue weighted by molar-refractivity contribution is 5.78. The van der Waals surface area contributed by atoms with Crippen LogP contribution in [0.15, 0.2) is 35.0 Å². The van der Waals surface area contributed by atoms with Gasteiger partial charge in [0.25, 0.3) is 0 Å². The number of carbonyl (C=O) groups excluding carboxylic acids is 1. The van der Waals surface area contributed by atoms with E-state index in [1.165, 1.54) is 0 Å². The molecule has 0 heterocycles. The lowest BCUT2D eigenvalue weighted by molar-refractivity contribution is -0.123. The highest BCUT2D eigenvalue weighted by Gasteiger charge is 2.32. The van der Waals surface area contributed by atoms with Crippen LogP contribution in [0.2, 0.25) is 0 Å². The predicted molar refractivity (Wildman–Crippen MR) is 132 cm³/mol. The number of hydrogen-bond acceptors (Lipinski definition) is 2. The lowest BCUT2D eigenvalue weighted by Crippen LogP contribution is -2.50. The van der Waals surface area contributed by atoms with Crippen LogP contribution in [0.5, 0.6) is 0 Å². The summed E-state index contributed by atoms with van der Waals surface area (Å²) in [5.74, 6) is -2.15. The van der Waals surface area contributed by atoms with E-state index >= 15 is 0 Å². The average Bonchev–Trinajstić information content (AvgIpc) is 2.77. The van der Waals surface area contributed by atoms with Gasteiger partial charge in [0.1, 0.15) is 18.3 Å². The van der Waals surface area contributed by atoms with E-state index in [-0.39, 0.29) is 24.3 Å². The molecule has 188 valence electrons. The van der Waals surface area contributed by atoms with Crippen LogP contribution in [0.1, 0.15) is 106 Å². The maximum Gasteiger partial charge on any atom is 0.222 e. The van der Waals surface area contributed by atoms with Crippen molar-refractivity contribution in [3.63, 3.8) is 0 Å². The van der Waals surface area contributed by atoms with Gasteiger partial charge < -0.3 is 11.1 Å². The molecule has 0 aromatic rings. The molecule has 2 unspecified atom stereocenters. The van der Waals surface area contributed by atoms with E-state index in [4.69, 9.17) is 5.73 Å². The summed E-state index contributed by atoms with van der Waals surface area (Å²) in [7, 11) is 0. The van der Waals surface area contributed by atoms with Gasteiger partial charge in [0.15, 0.2) is 0 Å². The number of rotatable bonds is 15. The van der Waals surface area contributed by atoms with Gasteiger partial charge in [0, 0.05) is 18.5 Å². The number of allylic oxidation sites excluding steroid dienone is 4. The minimum Gasteiger partial charge on any atom is -0.347 e. The summed E-state index contributed by atoms with van der Waals surface area (Å²) in [6, 6.07) is -0.603. The topological polar surface area (TPSA) is 55.1 Å². The molecular formula is C26H47F3N2O. The van der Waals surface area contributed by atoms with Crippen LogP contribution < -0.4 is 11.1 Å². The second kappa shape index (κ2) is 19.0. The molecule has 0 aromatic carbocycles. The fourth-order valence-electron chi connectivity index (χ4n) is 3.76. The number of nitrogens with one attached hydrogen (secondary N) is 1. The smallest absolute Gasteiger partial charge is 0.222 e.